The third kappa shape index (κ3) is 4.37. The number of rotatable bonds is 7. The van der Waals surface area contributed by atoms with Crippen LogP contribution in [0.1, 0.15) is 44.1 Å². The Kier molecular flexibility index (Phi) is 4.77. The van der Waals surface area contributed by atoms with Crippen LogP contribution < -0.4 is 5.32 Å². The summed E-state index contributed by atoms with van der Waals surface area (Å²) < 4.78 is 0. The molecule has 1 amide bonds. The van der Waals surface area contributed by atoms with Crippen LogP contribution in [-0.4, -0.2) is 23.0 Å². The molecule has 1 saturated carbocycles. The molecule has 2 rings (SSSR count). The van der Waals surface area contributed by atoms with E-state index in [4.69, 9.17) is 5.11 Å². The molecule has 0 bridgehead atoms. The molecule has 0 saturated heterocycles. The number of hydrogen-bond acceptors (Lipinski definition) is 2. The molecular weight excluding hydrogens is 254 g/mol. The van der Waals surface area contributed by atoms with E-state index in [0.717, 1.165) is 18.4 Å². The predicted molar refractivity (Wildman–Crippen MR) is 76.4 cm³/mol. The summed E-state index contributed by atoms with van der Waals surface area (Å²) in [5.74, 6) is -0.554. The van der Waals surface area contributed by atoms with Crippen molar-refractivity contribution in [3.8, 4) is 0 Å². The zero-order chi connectivity index (χ0) is 14.5. The fraction of sp³-hybridized carbons (Fsp3) is 0.500. The summed E-state index contributed by atoms with van der Waals surface area (Å²) in [5, 5.41) is 11.8. The first-order valence-corrected chi connectivity index (χ1v) is 7.13. The lowest BCUT2D eigenvalue weighted by molar-refractivity contribution is -0.142. The van der Waals surface area contributed by atoms with Crippen molar-refractivity contribution in [2.24, 2.45) is 5.92 Å². The molecule has 4 nitrogen and oxygen atoms in total. The number of benzene rings is 1. The Morgan fingerprint density at radius 1 is 1.30 bits per heavy atom. The molecule has 1 aliphatic rings. The van der Waals surface area contributed by atoms with Crippen LogP contribution in [0.3, 0.4) is 0 Å². The molecule has 1 aromatic rings. The van der Waals surface area contributed by atoms with Gasteiger partial charge in [0.2, 0.25) is 5.91 Å². The molecule has 0 radical (unpaired) electrons. The molecule has 0 aliphatic heterocycles. The molecular formula is C16H21NO3. The van der Waals surface area contributed by atoms with Gasteiger partial charge in [0.25, 0.3) is 0 Å². The highest BCUT2D eigenvalue weighted by Gasteiger charge is 2.30. The maximum Gasteiger partial charge on any atom is 0.326 e. The molecule has 108 valence electrons. The fourth-order valence-corrected chi connectivity index (χ4v) is 2.34. The summed E-state index contributed by atoms with van der Waals surface area (Å²) in [4.78, 5) is 23.1. The first-order chi connectivity index (χ1) is 9.56. The highest BCUT2D eigenvalue weighted by atomic mass is 16.4. The Bertz CT molecular complexity index is 468. The van der Waals surface area contributed by atoms with Crippen LogP contribution in [0.2, 0.25) is 0 Å². The van der Waals surface area contributed by atoms with Crippen molar-refractivity contribution in [3.63, 3.8) is 0 Å². The highest BCUT2D eigenvalue weighted by molar-refractivity contribution is 5.83. The Labute approximate surface area is 119 Å². The van der Waals surface area contributed by atoms with Crippen LogP contribution in [0.15, 0.2) is 30.3 Å². The zero-order valence-electron chi connectivity index (χ0n) is 11.7. The van der Waals surface area contributed by atoms with Gasteiger partial charge in [-0.1, -0.05) is 50.1 Å². The van der Waals surface area contributed by atoms with Gasteiger partial charge in [0.05, 0.1) is 0 Å². The monoisotopic (exact) mass is 275 g/mol. The number of nitrogens with one attached hydrogen (secondary N) is 1. The van der Waals surface area contributed by atoms with Crippen molar-refractivity contribution in [1.82, 2.24) is 5.32 Å². The minimum atomic E-state index is -0.933. The lowest BCUT2D eigenvalue weighted by atomic mass is 9.97. The van der Waals surface area contributed by atoms with Gasteiger partial charge in [-0.25, -0.2) is 4.79 Å². The number of amides is 1. The molecule has 1 aliphatic carbocycles. The topological polar surface area (TPSA) is 66.4 Å². The molecule has 1 aromatic carbocycles. The fourth-order valence-electron chi connectivity index (χ4n) is 2.34. The smallest absolute Gasteiger partial charge is 0.326 e. The molecule has 0 heterocycles. The maximum absolute atomic E-state index is 12.0. The largest absolute Gasteiger partial charge is 0.480 e. The van der Waals surface area contributed by atoms with E-state index in [1.165, 1.54) is 0 Å². The number of carboxylic acids is 1. The Morgan fingerprint density at radius 3 is 2.50 bits per heavy atom. The van der Waals surface area contributed by atoms with Gasteiger partial charge in [-0.15, -0.1) is 0 Å². The summed E-state index contributed by atoms with van der Waals surface area (Å²) in [6.45, 7) is 1.98. The highest BCUT2D eigenvalue weighted by Crippen LogP contribution is 2.33. The van der Waals surface area contributed by atoms with Crippen molar-refractivity contribution in [2.45, 2.75) is 44.6 Å². The number of carbonyl (C=O) groups is 2. The Morgan fingerprint density at radius 2 is 1.95 bits per heavy atom. The summed E-state index contributed by atoms with van der Waals surface area (Å²) in [6.07, 6.45) is 3.04. The average molecular weight is 275 g/mol. The summed E-state index contributed by atoms with van der Waals surface area (Å²) in [7, 11) is 0. The average Bonchev–Trinajstić information content (AvgIpc) is 3.22. The van der Waals surface area contributed by atoms with Crippen LogP contribution in [0.5, 0.6) is 0 Å². The molecule has 2 N–H and O–H groups in total. The number of hydrogen-bond donors (Lipinski definition) is 2. The third-order valence-corrected chi connectivity index (χ3v) is 3.76. The first kappa shape index (κ1) is 14.6. The van der Waals surface area contributed by atoms with E-state index >= 15 is 0 Å². The molecule has 20 heavy (non-hydrogen) atoms. The van der Waals surface area contributed by atoms with Gasteiger partial charge >= 0.3 is 5.97 Å². The standard InChI is InChI=1S/C16H21NO3/c1-11(13-5-3-2-4-6-13)9-15(18)17-14(16(19)20)10-12-7-8-12/h2-6,11-12,14H,7-10H2,1H3,(H,17,18)(H,19,20). The van der Waals surface area contributed by atoms with Gasteiger partial charge in [-0.2, -0.15) is 0 Å². The summed E-state index contributed by atoms with van der Waals surface area (Å²) in [5.41, 5.74) is 1.09. The van der Waals surface area contributed by atoms with Crippen LogP contribution in [-0.2, 0) is 9.59 Å². The van der Waals surface area contributed by atoms with Gasteiger partial charge < -0.3 is 10.4 Å². The first-order valence-electron chi connectivity index (χ1n) is 7.13. The summed E-state index contributed by atoms with van der Waals surface area (Å²) in [6, 6.07) is 9.05. The second-order valence-electron chi connectivity index (χ2n) is 5.65. The van der Waals surface area contributed by atoms with E-state index in [-0.39, 0.29) is 11.8 Å². The maximum atomic E-state index is 12.0. The quantitative estimate of drug-likeness (QED) is 0.803. The normalized spacial score (nSPS) is 17.2. The van der Waals surface area contributed by atoms with Crippen molar-refractivity contribution < 1.29 is 14.7 Å². The summed E-state index contributed by atoms with van der Waals surface area (Å²) >= 11 is 0. The molecule has 0 aromatic heterocycles. The Balaban J connectivity index is 1.85. The molecule has 1 fully saturated rings. The third-order valence-electron chi connectivity index (χ3n) is 3.76. The lowest BCUT2D eigenvalue weighted by Crippen LogP contribution is -2.41. The second kappa shape index (κ2) is 6.55. The van der Waals surface area contributed by atoms with Crippen LogP contribution in [0.4, 0.5) is 0 Å². The Hall–Kier alpha value is -1.84. The van der Waals surface area contributed by atoms with Gasteiger partial charge in [0, 0.05) is 6.42 Å². The number of carbonyl (C=O) groups excluding carboxylic acids is 1. The predicted octanol–water partition coefficient (Wildman–Crippen LogP) is 2.55. The van der Waals surface area contributed by atoms with Crippen molar-refractivity contribution >= 4 is 11.9 Å². The van der Waals surface area contributed by atoms with E-state index in [9.17, 15) is 9.59 Å². The van der Waals surface area contributed by atoms with Crippen molar-refractivity contribution in [1.29, 1.82) is 0 Å². The van der Waals surface area contributed by atoms with Gasteiger partial charge in [0.1, 0.15) is 6.04 Å². The second-order valence-corrected chi connectivity index (χ2v) is 5.65. The molecule has 2 atom stereocenters. The van der Waals surface area contributed by atoms with E-state index < -0.39 is 12.0 Å². The van der Waals surface area contributed by atoms with E-state index in [1.54, 1.807) is 0 Å². The van der Waals surface area contributed by atoms with Crippen LogP contribution >= 0.6 is 0 Å². The minimum Gasteiger partial charge on any atom is -0.480 e. The lowest BCUT2D eigenvalue weighted by Gasteiger charge is -2.16. The van der Waals surface area contributed by atoms with E-state index in [1.807, 2.05) is 37.3 Å². The van der Waals surface area contributed by atoms with Gasteiger partial charge in [-0.3, -0.25) is 4.79 Å². The minimum absolute atomic E-state index is 0.0894. The zero-order valence-corrected chi connectivity index (χ0v) is 11.7. The van der Waals surface area contributed by atoms with Crippen molar-refractivity contribution in [2.75, 3.05) is 0 Å². The molecule has 2 unspecified atom stereocenters. The number of carboxylic acid groups (broad SMARTS) is 1. The van der Waals surface area contributed by atoms with E-state index in [0.29, 0.717) is 18.8 Å². The van der Waals surface area contributed by atoms with Gasteiger partial charge in [0.15, 0.2) is 0 Å². The van der Waals surface area contributed by atoms with E-state index in [2.05, 4.69) is 5.32 Å². The number of aliphatic carboxylic acids is 1. The van der Waals surface area contributed by atoms with Crippen molar-refractivity contribution in [3.05, 3.63) is 35.9 Å². The van der Waals surface area contributed by atoms with Crippen LogP contribution in [0.25, 0.3) is 0 Å². The molecule has 4 heteroatoms. The van der Waals surface area contributed by atoms with Crippen LogP contribution in [0, 0.1) is 5.92 Å². The van der Waals surface area contributed by atoms with Gasteiger partial charge in [-0.05, 0) is 23.8 Å². The SMILES string of the molecule is CC(CC(=O)NC(CC1CC1)C(=O)O)c1ccccc1. The molecule has 0 spiro atoms.